The lowest BCUT2D eigenvalue weighted by Gasteiger charge is -2.19. The summed E-state index contributed by atoms with van der Waals surface area (Å²) in [6.07, 6.45) is 0. The van der Waals surface area contributed by atoms with Crippen LogP contribution in [0, 0.1) is 0 Å². The van der Waals surface area contributed by atoms with Crippen molar-refractivity contribution in [2.75, 3.05) is 19.0 Å². The second kappa shape index (κ2) is 4.69. The molecular weight excluding hydrogens is 258 g/mol. The van der Waals surface area contributed by atoms with E-state index < -0.39 is 0 Å². The molecule has 1 aliphatic heterocycles. The summed E-state index contributed by atoms with van der Waals surface area (Å²) in [5.74, 6) is 0.866. The highest BCUT2D eigenvalue weighted by atomic mass is 15.1. The molecule has 108 valence electrons. The summed E-state index contributed by atoms with van der Waals surface area (Å²) >= 11 is 0. The van der Waals surface area contributed by atoms with E-state index in [2.05, 4.69) is 67.1 Å². The van der Waals surface area contributed by atoms with Crippen molar-refractivity contribution >= 4 is 17.2 Å². The van der Waals surface area contributed by atoms with E-state index >= 15 is 0 Å². The van der Waals surface area contributed by atoms with Gasteiger partial charge in [0.15, 0.2) is 5.82 Å². The Balaban J connectivity index is 2.07. The first-order valence-electron chi connectivity index (χ1n) is 7.24. The van der Waals surface area contributed by atoms with Crippen molar-refractivity contribution in [3.63, 3.8) is 0 Å². The van der Waals surface area contributed by atoms with Gasteiger partial charge in [-0.1, -0.05) is 32.0 Å². The molecule has 0 radical (unpaired) electrons. The van der Waals surface area contributed by atoms with Crippen molar-refractivity contribution in [3.05, 3.63) is 42.0 Å². The van der Waals surface area contributed by atoms with Gasteiger partial charge >= 0.3 is 0 Å². The fourth-order valence-corrected chi connectivity index (χ4v) is 2.62. The van der Waals surface area contributed by atoms with Gasteiger partial charge in [0.2, 0.25) is 0 Å². The third-order valence-corrected chi connectivity index (χ3v) is 4.38. The van der Waals surface area contributed by atoms with Crippen molar-refractivity contribution in [3.8, 4) is 11.3 Å². The van der Waals surface area contributed by atoms with Crippen molar-refractivity contribution in [2.45, 2.75) is 26.2 Å². The van der Waals surface area contributed by atoms with Crippen LogP contribution in [0.4, 0.5) is 11.5 Å². The number of benzene rings is 1. The zero-order valence-electron chi connectivity index (χ0n) is 13.3. The molecule has 0 saturated carbocycles. The Hall–Kier alpha value is -2.16. The third kappa shape index (κ3) is 2.23. The third-order valence-electron chi connectivity index (χ3n) is 4.38. The smallest absolute Gasteiger partial charge is 0.156 e. The largest absolute Gasteiger partial charge is 0.378 e. The number of pyridine rings is 1. The van der Waals surface area contributed by atoms with Crippen LogP contribution in [-0.2, 0) is 5.41 Å². The molecule has 21 heavy (non-hydrogen) atoms. The number of anilines is 1. The summed E-state index contributed by atoms with van der Waals surface area (Å²) in [5, 5.41) is 0. The van der Waals surface area contributed by atoms with Gasteiger partial charge in [0, 0.05) is 42.0 Å². The molecule has 0 unspecified atom stereocenters. The van der Waals surface area contributed by atoms with Crippen LogP contribution in [0.3, 0.4) is 0 Å². The van der Waals surface area contributed by atoms with Gasteiger partial charge in [-0.2, -0.15) is 0 Å². The average Bonchev–Trinajstić information content (AvgIpc) is 2.69. The predicted molar refractivity (Wildman–Crippen MR) is 89.8 cm³/mol. The number of aliphatic imine (C=N–C) groups is 1. The molecule has 3 heteroatoms. The molecule has 0 N–H and O–H groups in total. The zero-order valence-corrected chi connectivity index (χ0v) is 13.3. The van der Waals surface area contributed by atoms with Crippen LogP contribution >= 0.6 is 0 Å². The highest BCUT2D eigenvalue weighted by molar-refractivity contribution is 5.99. The Labute approximate surface area is 126 Å². The lowest BCUT2D eigenvalue weighted by Crippen LogP contribution is -2.22. The van der Waals surface area contributed by atoms with Crippen LogP contribution in [-0.4, -0.2) is 24.8 Å². The Morgan fingerprint density at radius 2 is 1.81 bits per heavy atom. The molecule has 3 rings (SSSR count). The van der Waals surface area contributed by atoms with E-state index in [-0.39, 0.29) is 5.41 Å². The molecule has 0 atom stereocenters. The lowest BCUT2D eigenvalue weighted by molar-refractivity contribution is 0.731. The van der Waals surface area contributed by atoms with Gasteiger partial charge in [0.05, 0.1) is 5.69 Å². The minimum Gasteiger partial charge on any atom is -0.378 e. The number of hydrogen-bond donors (Lipinski definition) is 0. The van der Waals surface area contributed by atoms with Crippen LogP contribution in [0.25, 0.3) is 11.3 Å². The van der Waals surface area contributed by atoms with Crippen LogP contribution in [0.15, 0.2) is 41.4 Å². The van der Waals surface area contributed by atoms with E-state index in [0.29, 0.717) is 0 Å². The van der Waals surface area contributed by atoms with Gasteiger partial charge in [0.1, 0.15) is 0 Å². The fourth-order valence-electron chi connectivity index (χ4n) is 2.62. The van der Waals surface area contributed by atoms with Crippen molar-refractivity contribution in [2.24, 2.45) is 4.99 Å². The molecule has 1 aliphatic rings. The van der Waals surface area contributed by atoms with E-state index in [1.54, 1.807) is 0 Å². The molecule has 2 aromatic rings. The minimum atomic E-state index is -0.00759. The second-order valence-electron chi connectivity index (χ2n) is 6.33. The Kier molecular flexibility index (Phi) is 3.08. The first-order valence-corrected chi connectivity index (χ1v) is 7.24. The Morgan fingerprint density at radius 1 is 1.05 bits per heavy atom. The summed E-state index contributed by atoms with van der Waals surface area (Å²) in [6, 6.07) is 12.7. The van der Waals surface area contributed by atoms with E-state index in [1.807, 2.05) is 14.1 Å². The summed E-state index contributed by atoms with van der Waals surface area (Å²) in [6.45, 7) is 6.48. The maximum absolute atomic E-state index is 4.76. The van der Waals surface area contributed by atoms with Gasteiger partial charge in [-0.05, 0) is 25.1 Å². The number of aromatic nitrogens is 1. The molecule has 0 spiro atoms. The number of fused-ring (bicyclic) bond motifs is 1. The maximum atomic E-state index is 4.76. The molecule has 3 nitrogen and oxygen atoms in total. The zero-order chi connectivity index (χ0) is 15.2. The van der Waals surface area contributed by atoms with E-state index in [0.717, 1.165) is 22.8 Å². The van der Waals surface area contributed by atoms with Crippen molar-refractivity contribution in [1.29, 1.82) is 0 Å². The summed E-state index contributed by atoms with van der Waals surface area (Å²) in [7, 11) is 4.09. The second-order valence-corrected chi connectivity index (χ2v) is 6.33. The number of nitrogens with zero attached hydrogens (tertiary/aromatic N) is 3. The fraction of sp³-hybridized carbons (Fsp3) is 0.333. The first kappa shape index (κ1) is 13.8. The monoisotopic (exact) mass is 279 g/mol. The number of rotatable bonds is 2. The molecule has 0 bridgehead atoms. The molecule has 0 saturated heterocycles. The van der Waals surface area contributed by atoms with Gasteiger partial charge < -0.3 is 4.90 Å². The van der Waals surface area contributed by atoms with Gasteiger partial charge in [-0.15, -0.1) is 0 Å². The van der Waals surface area contributed by atoms with Crippen LogP contribution < -0.4 is 4.90 Å². The Bertz CT molecular complexity index is 727. The normalized spacial score (nSPS) is 15.6. The standard InChI is InChI=1S/C18H21N3/c1-12-18(2,3)15-9-10-16(20-17(15)19-12)13-7-6-8-14(11-13)21(4)5/h6-11H,1-5H3. The van der Waals surface area contributed by atoms with E-state index in [9.17, 15) is 0 Å². The first-order chi connectivity index (χ1) is 9.89. The topological polar surface area (TPSA) is 28.5 Å². The van der Waals surface area contributed by atoms with Crippen LogP contribution in [0.5, 0.6) is 0 Å². The predicted octanol–water partition coefficient (Wildman–Crippen LogP) is 4.20. The summed E-state index contributed by atoms with van der Waals surface area (Å²) < 4.78 is 0. The van der Waals surface area contributed by atoms with Gasteiger partial charge in [0.25, 0.3) is 0 Å². The summed E-state index contributed by atoms with van der Waals surface area (Å²) in [4.78, 5) is 11.5. The van der Waals surface area contributed by atoms with Crippen LogP contribution in [0.1, 0.15) is 26.3 Å². The molecule has 0 amide bonds. The summed E-state index contributed by atoms with van der Waals surface area (Å²) in [5.41, 5.74) is 5.62. The number of hydrogen-bond acceptors (Lipinski definition) is 3. The SMILES string of the molecule is CC1=Nc2nc(-c3cccc(N(C)C)c3)ccc2C1(C)C. The maximum Gasteiger partial charge on any atom is 0.156 e. The van der Waals surface area contributed by atoms with Crippen molar-refractivity contribution < 1.29 is 0 Å². The van der Waals surface area contributed by atoms with Crippen LogP contribution in [0.2, 0.25) is 0 Å². The average molecular weight is 279 g/mol. The molecular formula is C18H21N3. The van der Waals surface area contributed by atoms with Crippen molar-refractivity contribution in [1.82, 2.24) is 4.98 Å². The Morgan fingerprint density at radius 3 is 2.52 bits per heavy atom. The van der Waals surface area contributed by atoms with Gasteiger partial charge in [-0.3, -0.25) is 0 Å². The molecule has 1 aromatic heterocycles. The molecule has 0 fully saturated rings. The van der Waals surface area contributed by atoms with Gasteiger partial charge in [-0.25, -0.2) is 9.98 Å². The highest BCUT2D eigenvalue weighted by Gasteiger charge is 2.33. The lowest BCUT2D eigenvalue weighted by atomic mass is 9.83. The van der Waals surface area contributed by atoms with E-state index in [1.165, 1.54) is 11.3 Å². The quantitative estimate of drug-likeness (QED) is 0.824. The molecule has 1 aromatic carbocycles. The highest BCUT2D eigenvalue weighted by Crippen LogP contribution is 2.39. The van der Waals surface area contributed by atoms with E-state index in [4.69, 9.17) is 4.98 Å². The minimum absolute atomic E-state index is 0.00759. The molecule has 2 heterocycles. The molecule has 0 aliphatic carbocycles.